The van der Waals surface area contributed by atoms with Gasteiger partial charge < -0.3 is 11.5 Å². The Hall–Kier alpha value is -3.05. The molecule has 0 bridgehead atoms. The van der Waals surface area contributed by atoms with Gasteiger partial charge in [-0.2, -0.15) is 5.26 Å². The van der Waals surface area contributed by atoms with Crippen LogP contribution in [0, 0.1) is 11.3 Å². The van der Waals surface area contributed by atoms with E-state index in [9.17, 15) is 5.26 Å². The molecule has 0 saturated heterocycles. The molecule has 2 heterocycles. The Bertz CT molecular complexity index is 1250. The number of nitrogens with two attached hydrogens (primary N) is 2. The monoisotopic (exact) mass is 449 g/mol. The number of benzene rings is 2. The van der Waals surface area contributed by atoms with E-state index in [-0.39, 0.29) is 11.5 Å². The van der Waals surface area contributed by atoms with E-state index in [1.165, 1.54) is 11.8 Å². The minimum atomic E-state index is 0.176. The lowest BCUT2D eigenvalue weighted by atomic mass is 10.00. The summed E-state index contributed by atoms with van der Waals surface area (Å²) in [6, 6.07) is 19.5. The van der Waals surface area contributed by atoms with Crippen LogP contribution in [-0.4, -0.2) is 9.97 Å². The Morgan fingerprint density at radius 1 is 1.03 bits per heavy atom. The Kier molecular flexibility index (Phi) is 5.91. The molecule has 30 heavy (non-hydrogen) atoms. The van der Waals surface area contributed by atoms with Gasteiger partial charge in [0.15, 0.2) is 0 Å². The normalized spacial score (nSPS) is 10.7. The van der Waals surface area contributed by atoms with Crippen molar-refractivity contribution in [1.82, 2.24) is 9.97 Å². The van der Waals surface area contributed by atoms with Crippen LogP contribution in [0.25, 0.3) is 22.4 Å². The van der Waals surface area contributed by atoms with Gasteiger partial charge in [-0.15, -0.1) is 11.3 Å². The molecule has 0 atom stereocenters. The number of thiazole rings is 1. The summed E-state index contributed by atoms with van der Waals surface area (Å²) >= 11 is 9.33. The molecule has 2 aromatic heterocycles. The molecule has 0 saturated carbocycles. The van der Waals surface area contributed by atoms with E-state index in [1.54, 1.807) is 17.4 Å². The van der Waals surface area contributed by atoms with Crippen LogP contribution in [0.5, 0.6) is 0 Å². The van der Waals surface area contributed by atoms with Crippen molar-refractivity contribution in [3.05, 3.63) is 75.6 Å². The molecule has 0 fully saturated rings. The van der Waals surface area contributed by atoms with Crippen molar-refractivity contribution in [3.8, 4) is 28.5 Å². The highest BCUT2D eigenvalue weighted by molar-refractivity contribution is 7.98. The maximum Gasteiger partial charge on any atom is 0.148 e. The van der Waals surface area contributed by atoms with E-state index in [4.69, 9.17) is 28.1 Å². The minimum Gasteiger partial charge on any atom is -0.395 e. The number of hydrogen-bond acceptors (Lipinski definition) is 7. The molecular formula is C22H16ClN5S2. The van der Waals surface area contributed by atoms with Crippen molar-refractivity contribution >= 4 is 46.2 Å². The Morgan fingerprint density at radius 3 is 2.50 bits per heavy atom. The fourth-order valence-electron chi connectivity index (χ4n) is 3.00. The van der Waals surface area contributed by atoms with Crippen LogP contribution in [-0.2, 0) is 5.75 Å². The summed E-state index contributed by atoms with van der Waals surface area (Å²) in [5, 5.41) is 13.8. The standard InChI is InChI=1S/C22H16ClN5S2/c23-16-9-5-4-8-14(16)19-15(10-24)22(28-21(26)20(19)25)30-12-18-27-17(11-29-18)13-6-2-1-3-7-13/h1-9,11H,12,25H2,(H2,26,28). The summed E-state index contributed by atoms with van der Waals surface area (Å²) in [7, 11) is 0. The number of anilines is 2. The summed E-state index contributed by atoms with van der Waals surface area (Å²) in [4.78, 5) is 9.06. The van der Waals surface area contributed by atoms with Gasteiger partial charge in [-0.3, -0.25) is 0 Å². The fourth-order valence-corrected chi connectivity index (χ4v) is 5.04. The van der Waals surface area contributed by atoms with E-state index in [0.29, 0.717) is 32.5 Å². The van der Waals surface area contributed by atoms with Crippen molar-refractivity contribution < 1.29 is 0 Å². The molecule has 8 heteroatoms. The summed E-state index contributed by atoms with van der Waals surface area (Å²) in [5.41, 5.74) is 16.0. The highest BCUT2D eigenvalue weighted by atomic mass is 35.5. The number of nitrogens with zero attached hydrogens (tertiary/aromatic N) is 3. The van der Waals surface area contributed by atoms with Crippen LogP contribution in [0.1, 0.15) is 10.6 Å². The van der Waals surface area contributed by atoms with Crippen molar-refractivity contribution in [2.24, 2.45) is 0 Å². The van der Waals surface area contributed by atoms with Gasteiger partial charge in [0.25, 0.3) is 0 Å². The number of thioether (sulfide) groups is 1. The third kappa shape index (κ3) is 3.98. The topological polar surface area (TPSA) is 102 Å². The zero-order valence-corrected chi connectivity index (χ0v) is 18.1. The van der Waals surface area contributed by atoms with Crippen LogP contribution >= 0.6 is 34.7 Å². The molecule has 0 aliphatic carbocycles. The third-order valence-corrected chi connectivity index (χ3v) is 6.79. The van der Waals surface area contributed by atoms with Gasteiger partial charge in [0, 0.05) is 27.1 Å². The van der Waals surface area contributed by atoms with Crippen molar-refractivity contribution in [1.29, 1.82) is 5.26 Å². The summed E-state index contributed by atoms with van der Waals surface area (Å²) < 4.78 is 0. The minimum absolute atomic E-state index is 0.176. The number of aromatic nitrogens is 2. The van der Waals surface area contributed by atoms with Crippen LogP contribution in [0.3, 0.4) is 0 Å². The molecular weight excluding hydrogens is 434 g/mol. The SMILES string of the molecule is N#Cc1c(SCc2nc(-c3ccccc3)cs2)nc(N)c(N)c1-c1ccccc1Cl. The molecule has 4 N–H and O–H groups in total. The molecule has 4 rings (SSSR count). The smallest absolute Gasteiger partial charge is 0.148 e. The maximum atomic E-state index is 9.86. The molecule has 0 aliphatic rings. The Labute approximate surface area is 187 Å². The first kappa shape index (κ1) is 20.2. The van der Waals surface area contributed by atoms with Gasteiger partial charge in [0.1, 0.15) is 21.9 Å². The Balaban J connectivity index is 1.67. The first-order valence-electron chi connectivity index (χ1n) is 8.95. The van der Waals surface area contributed by atoms with Crippen molar-refractivity contribution in [3.63, 3.8) is 0 Å². The van der Waals surface area contributed by atoms with Crippen molar-refractivity contribution in [2.75, 3.05) is 11.5 Å². The van der Waals surface area contributed by atoms with Crippen LogP contribution < -0.4 is 11.5 Å². The Morgan fingerprint density at radius 2 is 1.77 bits per heavy atom. The lowest BCUT2D eigenvalue weighted by Gasteiger charge is -2.14. The molecule has 5 nitrogen and oxygen atoms in total. The quantitative estimate of drug-likeness (QED) is 0.370. The first-order valence-corrected chi connectivity index (χ1v) is 11.2. The number of rotatable bonds is 5. The van der Waals surface area contributed by atoms with Crippen LogP contribution in [0.4, 0.5) is 11.5 Å². The van der Waals surface area contributed by atoms with E-state index in [1.807, 2.05) is 53.9 Å². The van der Waals surface area contributed by atoms with Crippen molar-refractivity contribution in [2.45, 2.75) is 10.8 Å². The second kappa shape index (κ2) is 8.76. The average Bonchev–Trinajstić information content (AvgIpc) is 3.24. The molecule has 0 unspecified atom stereocenters. The van der Waals surface area contributed by atoms with Gasteiger partial charge >= 0.3 is 0 Å². The number of nitrogen functional groups attached to an aromatic ring is 2. The molecule has 0 spiro atoms. The number of pyridine rings is 1. The number of hydrogen-bond donors (Lipinski definition) is 2. The molecule has 2 aromatic carbocycles. The van der Waals surface area contributed by atoms with E-state index >= 15 is 0 Å². The molecule has 0 radical (unpaired) electrons. The number of nitriles is 1. The van der Waals surface area contributed by atoms with Gasteiger partial charge in [-0.1, -0.05) is 71.9 Å². The molecule has 148 valence electrons. The highest BCUT2D eigenvalue weighted by Crippen LogP contribution is 2.41. The zero-order chi connectivity index (χ0) is 21.1. The number of halogens is 1. The van der Waals surface area contributed by atoms with Crippen LogP contribution in [0.15, 0.2) is 65.0 Å². The summed E-state index contributed by atoms with van der Waals surface area (Å²) in [6.45, 7) is 0. The van der Waals surface area contributed by atoms with Crippen LogP contribution in [0.2, 0.25) is 5.02 Å². The molecule has 0 aliphatic heterocycles. The van der Waals surface area contributed by atoms with Gasteiger partial charge in [-0.05, 0) is 6.07 Å². The predicted octanol–water partition coefficient (Wildman–Crippen LogP) is 5.85. The molecule has 4 aromatic rings. The lowest BCUT2D eigenvalue weighted by molar-refractivity contribution is 1.12. The largest absolute Gasteiger partial charge is 0.395 e. The zero-order valence-electron chi connectivity index (χ0n) is 15.7. The maximum absolute atomic E-state index is 9.86. The predicted molar refractivity (Wildman–Crippen MR) is 125 cm³/mol. The lowest BCUT2D eigenvalue weighted by Crippen LogP contribution is -2.05. The summed E-state index contributed by atoms with van der Waals surface area (Å²) in [5.74, 6) is 0.736. The van der Waals surface area contributed by atoms with E-state index in [0.717, 1.165) is 16.3 Å². The fraction of sp³-hybridized carbons (Fsp3) is 0.0455. The van der Waals surface area contributed by atoms with E-state index in [2.05, 4.69) is 11.1 Å². The second-order valence-corrected chi connectivity index (χ2v) is 8.65. The average molecular weight is 450 g/mol. The van der Waals surface area contributed by atoms with E-state index < -0.39 is 0 Å². The third-order valence-electron chi connectivity index (χ3n) is 4.44. The summed E-state index contributed by atoms with van der Waals surface area (Å²) in [6.07, 6.45) is 0. The highest BCUT2D eigenvalue weighted by Gasteiger charge is 2.20. The first-order chi connectivity index (χ1) is 14.6. The van der Waals surface area contributed by atoms with Gasteiger partial charge in [-0.25, -0.2) is 9.97 Å². The molecule has 0 amide bonds. The van der Waals surface area contributed by atoms with Gasteiger partial charge in [0.05, 0.1) is 22.7 Å². The van der Waals surface area contributed by atoms with Gasteiger partial charge in [0.2, 0.25) is 0 Å². The second-order valence-electron chi connectivity index (χ2n) is 6.34.